The van der Waals surface area contributed by atoms with Crippen molar-refractivity contribution in [2.45, 2.75) is 0 Å². The molecule has 0 saturated heterocycles. The molecule has 0 aliphatic heterocycles. The second-order valence-corrected chi connectivity index (χ2v) is 7.71. The standard InChI is InChI=1S/C12H11AsN4O7/c18-12(15-9-3-1-8(2-4-9)13(19,20)21)16-14-7-10-5-6-11(24-10)17(22)23/h1-7H,(H2,15,16,18)(H2,19,20,21)/b14-7+. The second-order valence-electron chi connectivity index (χ2n) is 4.35. The summed E-state index contributed by atoms with van der Waals surface area (Å²) in [5.41, 5.74) is 2.40. The third-order valence-corrected chi connectivity index (χ3v) is 4.65. The van der Waals surface area contributed by atoms with Gasteiger partial charge in [0.05, 0.1) is 0 Å². The van der Waals surface area contributed by atoms with Gasteiger partial charge in [-0.2, -0.15) is 0 Å². The number of amides is 2. The first-order valence-electron chi connectivity index (χ1n) is 6.26. The van der Waals surface area contributed by atoms with Crippen LogP contribution in [0.2, 0.25) is 0 Å². The van der Waals surface area contributed by atoms with E-state index in [1.54, 1.807) is 0 Å². The summed E-state index contributed by atoms with van der Waals surface area (Å²) in [4.78, 5) is 21.3. The van der Waals surface area contributed by atoms with Crippen molar-refractivity contribution in [1.82, 2.24) is 5.43 Å². The van der Waals surface area contributed by atoms with Crippen molar-refractivity contribution in [2.24, 2.45) is 5.10 Å². The molecule has 0 fully saturated rings. The van der Waals surface area contributed by atoms with Gasteiger partial charge in [0.25, 0.3) is 0 Å². The van der Waals surface area contributed by atoms with Crippen molar-refractivity contribution in [3.05, 3.63) is 52.3 Å². The van der Waals surface area contributed by atoms with Crippen LogP contribution in [-0.4, -0.2) is 39.5 Å². The summed E-state index contributed by atoms with van der Waals surface area (Å²) >= 11 is -4.96. The van der Waals surface area contributed by atoms with E-state index in [-0.39, 0.29) is 10.1 Å². The summed E-state index contributed by atoms with van der Waals surface area (Å²) in [6.07, 6.45) is 1.08. The van der Waals surface area contributed by atoms with E-state index in [9.17, 15) is 18.6 Å². The number of carbonyl (C=O) groups excluding carboxylic acids is 1. The number of nitrogens with zero attached hydrogens (tertiary/aromatic N) is 2. The molecule has 0 unspecified atom stereocenters. The van der Waals surface area contributed by atoms with Crippen LogP contribution in [0.1, 0.15) is 5.76 Å². The zero-order chi connectivity index (χ0) is 17.7. The predicted octanol–water partition coefficient (Wildman–Crippen LogP) is -0.0956. The minimum absolute atomic E-state index is 0.0789. The fraction of sp³-hybridized carbons (Fsp3) is 0. The SMILES string of the molecule is O=C(N/N=C/c1ccc([N+](=O)[O-])o1)Nc1ccc([As](=O)(O)O)cc1. The molecule has 12 heteroatoms. The Morgan fingerprint density at radius 3 is 2.46 bits per heavy atom. The third kappa shape index (κ3) is 4.81. The van der Waals surface area contributed by atoms with Crippen molar-refractivity contribution < 1.29 is 26.1 Å². The number of rotatable bonds is 5. The summed E-state index contributed by atoms with van der Waals surface area (Å²) in [7, 11) is 0. The van der Waals surface area contributed by atoms with Crippen LogP contribution in [0.5, 0.6) is 0 Å². The molecule has 1 aromatic heterocycles. The summed E-state index contributed by atoms with van der Waals surface area (Å²) in [5.74, 6) is -0.372. The molecule has 24 heavy (non-hydrogen) atoms. The van der Waals surface area contributed by atoms with Crippen molar-refractivity contribution in [3.63, 3.8) is 0 Å². The normalized spacial score (nSPS) is 11.4. The van der Waals surface area contributed by atoms with Crippen molar-refractivity contribution in [3.8, 4) is 0 Å². The van der Waals surface area contributed by atoms with Crippen LogP contribution in [-0.2, 0) is 3.74 Å². The first-order chi connectivity index (χ1) is 11.3. The fourth-order valence-electron chi connectivity index (χ4n) is 1.56. The number of urea groups is 1. The van der Waals surface area contributed by atoms with E-state index in [1.165, 1.54) is 30.3 Å². The maximum atomic E-state index is 11.6. The van der Waals surface area contributed by atoms with Gasteiger partial charge in [-0.15, -0.1) is 0 Å². The molecule has 1 heterocycles. The molecular formula is C12H11AsN4O7. The molecule has 0 aliphatic rings. The molecule has 1 aromatic carbocycles. The first-order valence-corrected chi connectivity index (χ1v) is 9.64. The quantitative estimate of drug-likeness (QED) is 0.236. The number of carbonyl (C=O) groups is 1. The monoisotopic (exact) mass is 398 g/mol. The van der Waals surface area contributed by atoms with Crippen LogP contribution in [0.15, 0.2) is 45.9 Å². The van der Waals surface area contributed by atoms with E-state index < -0.39 is 31.0 Å². The van der Waals surface area contributed by atoms with Crippen LogP contribution >= 0.6 is 0 Å². The van der Waals surface area contributed by atoms with E-state index in [0.29, 0.717) is 5.69 Å². The van der Waals surface area contributed by atoms with Crippen molar-refractivity contribution in [1.29, 1.82) is 0 Å². The van der Waals surface area contributed by atoms with E-state index in [1.807, 2.05) is 0 Å². The molecule has 0 radical (unpaired) electrons. The summed E-state index contributed by atoms with van der Waals surface area (Å²) in [6, 6.07) is 6.81. The Morgan fingerprint density at radius 1 is 1.25 bits per heavy atom. The van der Waals surface area contributed by atoms with E-state index in [4.69, 9.17) is 12.6 Å². The molecule has 0 atom stereocenters. The van der Waals surface area contributed by atoms with Gasteiger partial charge in [0.1, 0.15) is 4.92 Å². The van der Waals surface area contributed by atoms with Gasteiger partial charge in [0.2, 0.25) is 0 Å². The van der Waals surface area contributed by atoms with Gasteiger partial charge in [0, 0.05) is 0 Å². The average Bonchev–Trinajstić information content (AvgIpc) is 2.96. The third-order valence-electron chi connectivity index (χ3n) is 2.61. The molecule has 2 aromatic rings. The molecule has 2 rings (SSSR count). The molecule has 0 aliphatic carbocycles. The van der Waals surface area contributed by atoms with Gasteiger partial charge in [-0.25, -0.2) is 0 Å². The van der Waals surface area contributed by atoms with Crippen LogP contribution in [0.3, 0.4) is 0 Å². The Bertz CT molecular complexity index is 824. The molecule has 2 amide bonds. The van der Waals surface area contributed by atoms with Crippen molar-refractivity contribution in [2.75, 3.05) is 5.32 Å². The maximum absolute atomic E-state index is 11.6. The van der Waals surface area contributed by atoms with Gasteiger partial charge in [-0.1, -0.05) is 0 Å². The van der Waals surface area contributed by atoms with E-state index >= 15 is 0 Å². The van der Waals surface area contributed by atoms with E-state index in [2.05, 4.69) is 15.8 Å². The fourth-order valence-corrected chi connectivity index (χ4v) is 2.69. The van der Waals surface area contributed by atoms with Crippen molar-refractivity contribution >= 4 is 42.3 Å². The summed E-state index contributed by atoms with van der Waals surface area (Å²) in [6.45, 7) is 0. The molecule has 4 N–H and O–H groups in total. The Balaban J connectivity index is 1.89. The molecule has 0 spiro atoms. The Labute approximate surface area is 137 Å². The predicted molar refractivity (Wildman–Crippen MR) is 82.1 cm³/mol. The minimum atomic E-state index is -4.96. The number of benzene rings is 1. The first kappa shape index (κ1) is 17.5. The van der Waals surface area contributed by atoms with Crippen LogP contribution in [0, 0.1) is 10.1 Å². The van der Waals surface area contributed by atoms with Crippen LogP contribution < -0.4 is 15.1 Å². The Kier molecular flexibility index (Phi) is 5.19. The second kappa shape index (κ2) is 7.13. The average molecular weight is 398 g/mol. The van der Waals surface area contributed by atoms with Crippen LogP contribution in [0.4, 0.5) is 16.4 Å². The van der Waals surface area contributed by atoms with Gasteiger partial charge in [-0.3, -0.25) is 10.1 Å². The Hall–Kier alpha value is -2.88. The summed E-state index contributed by atoms with van der Waals surface area (Å²) < 4.78 is 33.8. The Morgan fingerprint density at radius 2 is 1.92 bits per heavy atom. The number of nitro groups is 1. The number of hydrogen-bond donors (Lipinski definition) is 4. The molecule has 11 nitrogen and oxygen atoms in total. The van der Waals surface area contributed by atoms with Gasteiger partial charge < -0.3 is 0 Å². The number of hydrogen-bond acceptors (Lipinski definition) is 6. The van der Waals surface area contributed by atoms with Crippen LogP contribution in [0.25, 0.3) is 0 Å². The topological polar surface area (TPSA) is 167 Å². The number of nitrogens with one attached hydrogen (secondary N) is 2. The number of furan rings is 1. The van der Waals surface area contributed by atoms with Gasteiger partial charge in [0.15, 0.2) is 0 Å². The molecule has 0 bridgehead atoms. The van der Waals surface area contributed by atoms with Gasteiger partial charge in [-0.05, 0) is 0 Å². The molecule has 0 saturated carbocycles. The van der Waals surface area contributed by atoms with Gasteiger partial charge >= 0.3 is 121 Å². The molecule has 126 valence electrons. The summed E-state index contributed by atoms with van der Waals surface area (Å²) in [5, 5.41) is 16.3. The molecular weight excluding hydrogens is 387 g/mol. The zero-order valence-electron chi connectivity index (χ0n) is 11.8. The number of anilines is 1. The van der Waals surface area contributed by atoms with E-state index in [0.717, 1.165) is 12.3 Å². The number of hydrazone groups is 1. The zero-order valence-corrected chi connectivity index (χ0v) is 13.7.